The first-order chi connectivity index (χ1) is 23.4. The molecule has 2 aromatic carbocycles. The highest BCUT2D eigenvalue weighted by Crippen LogP contribution is 2.41. The van der Waals surface area contributed by atoms with Crippen molar-refractivity contribution in [3.63, 3.8) is 0 Å². The third kappa shape index (κ3) is 9.97. The molecule has 4 N–H and O–H groups in total. The van der Waals surface area contributed by atoms with Crippen molar-refractivity contribution in [2.75, 3.05) is 6.54 Å². The molecule has 5 rings (SSSR count). The highest BCUT2D eigenvalue weighted by Gasteiger charge is 2.39. The molecule has 3 fully saturated rings. The number of hydrogen-bond donors (Lipinski definition) is 4. The summed E-state index contributed by atoms with van der Waals surface area (Å²) in [6.07, 6.45) is 5.76. The molecule has 2 aromatic rings. The van der Waals surface area contributed by atoms with Crippen LogP contribution in [0.3, 0.4) is 0 Å². The molecule has 1 aliphatic heterocycles. The van der Waals surface area contributed by atoms with Gasteiger partial charge >= 0.3 is 6.09 Å². The van der Waals surface area contributed by atoms with Crippen LogP contribution in [-0.2, 0) is 29.3 Å². The SMILES string of the molecule is CC(C)(c1cccc(Cl)c1)C(OC(=O)NC(CC1CCCCC1)C(=O)NC(CC1CCNC1=O)C(=O)C(=O)NC1CC1)c1ccc(Cl)cc1. The Morgan fingerprint density at radius 2 is 1.59 bits per heavy atom. The largest absolute Gasteiger partial charge is 0.440 e. The Hall–Kier alpha value is -3.63. The summed E-state index contributed by atoms with van der Waals surface area (Å²) in [5.41, 5.74) is 0.775. The van der Waals surface area contributed by atoms with Gasteiger partial charge in [-0.15, -0.1) is 0 Å². The van der Waals surface area contributed by atoms with Crippen molar-refractivity contribution in [2.24, 2.45) is 11.8 Å². The van der Waals surface area contributed by atoms with Gasteiger partial charge in [-0.2, -0.15) is 0 Å². The average molecular weight is 714 g/mol. The maximum atomic E-state index is 14.0. The van der Waals surface area contributed by atoms with Crippen LogP contribution < -0.4 is 21.3 Å². The van der Waals surface area contributed by atoms with E-state index in [1.165, 1.54) is 0 Å². The molecule has 0 spiro atoms. The Morgan fingerprint density at radius 3 is 2.22 bits per heavy atom. The van der Waals surface area contributed by atoms with Gasteiger partial charge in [0.2, 0.25) is 17.6 Å². The summed E-state index contributed by atoms with van der Waals surface area (Å²) in [5, 5.41) is 12.1. The zero-order chi connectivity index (χ0) is 35.1. The fraction of sp³-hybridized carbons (Fsp3) is 0.541. The van der Waals surface area contributed by atoms with E-state index in [1.807, 2.05) is 32.0 Å². The van der Waals surface area contributed by atoms with E-state index in [4.69, 9.17) is 27.9 Å². The van der Waals surface area contributed by atoms with Gasteiger partial charge in [0.25, 0.3) is 5.91 Å². The first-order valence-electron chi connectivity index (χ1n) is 17.3. The van der Waals surface area contributed by atoms with E-state index < -0.39 is 53.2 Å². The molecular formula is C37H46Cl2N4O6. The van der Waals surface area contributed by atoms with Gasteiger partial charge in [-0.25, -0.2) is 4.79 Å². The quantitative estimate of drug-likeness (QED) is 0.179. The second-order valence-electron chi connectivity index (χ2n) is 14.2. The number of Topliss-reactive ketones (excluding diaryl/α,β-unsaturated/α-hetero) is 1. The molecule has 0 bridgehead atoms. The van der Waals surface area contributed by atoms with E-state index in [2.05, 4.69) is 21.3 Å². The smallest absolute Gasteiger partial charge is 0.408 e. The Balaban J connectivity index is 1.37. The summed E-state index contributed by atoms with van der Waals surface area (Å²) in [6, 6.07) is 12.0. The van der Waals surface area contributed by atoms with Crippen LogP contribution in [0.5, 0.6) is 0 Å². The van der Waals surface area contributed by atoms with Crippen molar-refractivity contribution in [2.45, 2.75) is 108 Å². The maximum Gasteiger partial charge on any atom is 0.408 e. The molecule has 0 radical (unpaired) electrons. The van der Waals surface area contributed by atoms with E-state index in [9.17, 15) is 24.0 Å². The molecule has 1 heterocycles. The topological polar surface area (TPSA) is 143 Å². The van der Waals surface area contributed by atoms with Crippen molar-refractivity contribution in [3.8, 4) is 0 Å². The van der Waals surface area contributed by atoms with Gasteiger partial charge in [-0.1, -0.05) is 93.4 Å². The first kappa shape index (κ1) is 36.6. The number of hydrogen-bond acceptors (Lipinski definition) is 6. The number of ketones is 1. The standard InChI is InChI=1S/C37H46Cl2N4O6/c1-37(2,25-9-6-10-27(39)21-25)32(23-11-13-26(38)14-12-23)49-36(48)43-30(19-22-7-4-3-5-8-22)34(46)42-29(20-24-17-18-40-33(24)45)31(44)35(47)41-28-15-16-28/h6,9-14,21-22,24,28-30,32H,3-5,7-8,15-20H2,1-2H3,(H,40,45)(H,41,47)(H,42,46)(H,43,48). The highest BCUT2D eigenvalue weighted by molar-refractivity contribution is 6.38. The lowest BCUT2D eigenvalue weighted by Gasteiger charge is -2.35. The molecule has 3 aliphatic rings. The van der Waals surface area contributed by atoms with Crippen LogP contribution in [0.2, 0.25) is 10.0 Å². The maximum absolute atomic E-state index is 14.0. The Bertz CT molecular complexity index is 1520. The van der Waals surface area contributed by atoms with Gasteiger partial charge < -0.3 is 26.0 Å². The van der Waals surface area contributed by atoms with Crippen molar-refractivity contribution in [1.29, 1.82) is 0 Å². The lowest BCUT2D eigenvalue weighted by atomic mass is 9.76. The van der Waals surface area contributed by atoms with Gasteiger partial charge in [-0.05, 0) is 73.4 Å². The number of alkyl carbamates (subject to hydrolysis) is 1. The molecule has 49 heavy (non-hydrogen) atoms. The fourth-order valence-corrected chi connectivity index (χ4v) is 7.20. The molecule has 264 valence electrons. The summed E-state index contributed by atoms with van der Waals surface area (Å²) < 4.78 is 6.17. The van der Waals surface area contributed by atoms with Crippen molar-refractivity contribution in [3.05, 3.63) is 69.7 Å². The molecule has 4 amide bonds. The van der Waals surface area contributed by atoms with E-state index in [0.29, 0.717) is 35.0 Å². The number of amides is 4. The zero-order valence-corrected chi connectivity index (χ0v) is 29.6. The van der Waals surface area contributed by atoms with E-state index in [-0.39, 0.29) is 24.3 Å². The Morgan fingerprint density at radius 1 is 0.878 bits per heavy atom. The number of ether oxygens (including phenoxy) is 1. The predicted molar refractivity (Wildman–Crippen MR) is 187 cm³/mol. The third-order valence-corrected chi connectivity index (χ3v) is 10.5. The molecule has 12 heteroatoms. The van der Waals surface area contributed by atoms with Gasteiger partial charge in [0.05, 0.1) is 6.04 Å². The zero-order valence-electron chi connectivity index (χ0n) is 28.1. The number of carbonyl (C=O) groups excluding carboxylic acids is 5. The molecular weight excluding hydrogens is 667 g/mol. The first-order valence-corrected chi connectivity index (χ1v) is 18.1. The Kier molecular flexibility index (Phi) is 12.3. The van der Waals surface area contributed by atoms with Crippen molar-refractivity contribution >= 4 is 52.8 Å². The van der Waals surface area contributed by atoms with E-state index >= 15 is 0 Å². The van der Waals surface area contributed by atoms with Crippen LogP contribution in [0.15, 0.2) is 48.5 Å². The van der Waals surface area contributed by atoms with Gasteiger partial charge in [0.1, 0.15) is 12.1 Å². The van der Waals surface area contributed by atoms with E-state index in [1.54, 1.807) is 30.3 Å². The molecule has 4 unspecified atom stereocenters. The predicted octanol–water partition coefficient (Wildman–Crippen LogP) is 5.94. The summed E-state index contributed by atoms with van der Waals surface area (Å²) in [4.78, 5) is 66.5. The lowest BCUT2D eigenvalue weighted by Crippen LogP contribution is -2.55. The average Bonchev–Trinajstić information content (AvgIpc) is 3.81. The molecule has 2 saturated carbocycles. The minimum Gasteiger partial charge on any atom is -0.440 e. The van der Waals surface area contributed by atoms with Crippen LogP contribution in [-0.4, -0.2) is 54.3 Å². The van der Waals surface area contributed by atoms with Crippen LogP contribution in [0, 0.1) is 11.8 Å². The van der Waals surface area contributed by atoms with E-state index in [0.717, 1.165) is 50.5 Å². The molecule has 2 aliphatic carbocycles. The highest BCUT2D eigenvalue weighted by atomic mass is 35.5. The number of carbonyl (C=O) groups is 5. The number of halogens is 2. The summed E-state index contributed by atoms with van der Waals surface area (Å²) in [7, 11) is 0. The molecule has 10 nitrogen and oxygen atoms in total. The second kappa shape index (κ2) is 16.4. The van der Waals surface area contributed by atoms with Crippen molar-refractivity contribution < 1.29 is 28.7 Å². The van der Waals surface area contributed by atoms with Gasteiger partial charge in [0, 0.05) is 34.0 Å². The lowest BCUT2D eigenvalue weighted by molar-refractivity contribution is -0.141. The fourth-order valence-electron chi connectivity index (χ4n) is 6.88. The van der Waals surface area contributed by atoms with Crippen molar-refractivity contribution in [1.82, 2.24) is 21.3 Å². The molecule has 1 saturated heterocycles. The number of nitrogens with one attached hydrogen (secondary N) is 4. The van der Waals surface area contributed by atoms with Crippen LogP contribution >= 0.6 is 23.2 Å². The van der Waals surface area contributed by atoms with Crippen LogP contribution in [0.4, 0.5) is 4.79 Å². The molecule has 0 aromatic heterocycles. The molecule has 4 atom stereocenters. The Labute approximate surface area is 297 Å². The number of benzene rings is 2. The normalized spacial score (nSPS) is 20.0. The summed E-state index contributed by atoms with van der Waals surface area (Å²) in [5.74, 6) is -2.75. The van der Waals surface area contributed by atoms with Crippen LogP contribution in [0.25, 0.3) is 0 Å². The van der Waals surface area contributed by atoms with Crippen LogP contribution in [0.1, 0.15) is 95.3 Å². The monoisotopic (exact) mass is 712 g/mol. The third-order valence-electron chi connectivity index (χ3n) is 9.98. The van der Waals surface area contributed by atoms with Gasteiger partial charge in [0.15, 0.2) is 0 Å². The summed E-state index contributed by atoms with van der Waals surface area (Å²) >= 11 is 12.5. The summed E-state index contributed by atoms with van der Waals surface area (Å²) in [6.45, 7) is 4.35. The minimum atomic E-state index is -1.23. The minimum absolute atomic E-state index is 0.0123. The number of rotatable bonds is 14. The van der Waals surface area contributed by atoms with Gasteiger partial charge in [-0.3, -0.25) is 19.2 Å². The second-order valence-corrected chi connectivity index (χ2v) is 15.1.